The Bertz CT molecular complexity index is 231. The lowest BCUT2D eigenvalue weighted by atomic mass is 10.0. The molecule has 0 fully saturated rings. The second-order valence-corrected chi connectivity index (χ2v) is 4.73. The molecule has 16 heavy (non-hydrogen) atoms. The lowest BCUT2D eigenvalue weighted by molar-refractivity contribution is -0.147. The van der Waals surface area contributed by atoms with Gasteiger partial charge in [0.15, 0.2) is 0 Å². The van der Waals surface area contributed by atoms with Crippen molar-refractivity contribution in [1.82, 2.24) is 5.32 Å². The predicted molar refractivity (Wildman–Crippen MR) is 66.4 cm³/mol. The fourth-order valence-electron chi connectivity index (χ4n) is 1.28. The molecule has 1 unspecified atom stereocenters. The Kier molecular flexibility index (Phi) is 8.25. The van der Waals surface area contributed by atoms with Gasteiger partial charge in [-0.1, -0.05) is 29.8 Å². The van der Waals surface area contributed by atoms with E-state index in [9.17, 15) is 9.59 Å². The molecule has 0 saturated carbocycles. The molecular weight excluding hydrogens is 274 g/mol. The van der Waals surface area contributed by atoms with Gasteiger partial charge >= 0.3 is 5.97 Å². The standard InChI is InChI=1S/C11H20BrNO3/c1-4-16-11(15)9(7-8(2)3)13-10(14)5-6-12/h8-9H,4-7H2,1-3H3,(H,13,14). The van der Waals surface area contributed by atoms with Crippen molar-refractivity contribution in [2.24, 2.45) is 5.92 Å². The monoisotopic (exact) mass is 293 g/mol. The lowest BCUT2D eigenvalue weighted by Crippen LogP contribution is -2.42. The number of esters is 1. The van der Waals surface area contributed by atoms with Crippen LogP contribution in [0.25, 0.3) is 0 Å². The van der Waals surface area contributed by atoms with Crippen LogP contribution in [0.4, 0.5) is 0 Å². The molecule has 0 aromatic heterocycles. The summed E-state index contributed by atoms with van der Waals surface area (Å²) in [7, 11) is 0. The molecule has 0 spiro atoms. The van der Waals surface area contributed by atoms with Crippen molar-refractivity contribution < 1.29 is 14.3 Å². The molecular formula is C11H20BrNO3. The predicted octanol–water partition coefficient (Wildman–Crippen LogP) is 1.87. The van der Waals surface area contributed by atoms with E-state index in [1.54, 1.807) is 6.92 Å². The topological polar surface area (TPSA) is 55.4 Å². The average Bonchev–Trinajstić information content (AvgIpc) is 2.16. The van der Waals surface area contributed by atoms with Crippen LogP contribution in [0.2, 0.25) is 0 Å². The molecule has 0 rings (SSSR count). The molecule has 0 aromatic rings. The van der Waals surface area contributed by atoms with E-state index in [-0.39, 0.29) is 11.9 Å². The second kappa shape index (κ2) is 8.56. The molecule has 0 aromatic carbocycles. The SMILES string of the molecule is CCOC(=O)C(CC(C)C)NC(=O)CCBr. The van der Waals surface area contributed by atoms with E-state index in [1.165, 1.54) is 0 Å². The Morgan fingerprint density at radius 2 is 2.00 bits per heavy atom. The van der Waals surface area contributed by atoms with Crippen LogP contribution in [0.3, 0.4) is 0 Å². The zero-order valence-corrected chi connectivity index (χ0v) is 11.7. The maximum absolute atomic E-state index is 11.6. The third-order valence-electron chi connectivity index (χ3n) is 1.93. The van der Waals surface area contributed by atoms with Gasteiger partial charge in [-0.05, 0) is 19.3 Å². The summed E-state index contributed by atoms with van der Waals surface area (Å²) in [5.41, 5.74) is 0. The van der Waals surface area contributed by atoms with Gasteiger partial charge in [0.1, 0.15) is 6.04 Å². The van der Waals surface area contributed by atoms with Gasteiger partial charge in [0.2, 0.25) is 5.91 Å². The third-order valence-corrected chi connectivity index (χ3v) is 2.33. The van der Waals surface area contributed by atoms with Gasteiger partial charge in [0.05, 0.1) is 6.61 Å². The van der Waals surface area contributed by atoms with Crippen LogP contribution >= 0.6 is 15.9 Å². The van der Waals surface area contributed by atoms with Crippen LogP contribution in [0.1, 0.15) is 33.6 Å². The highest BCUT2D eigenvalue weighted by Crippen LogP contribution is 2.07. The van der Waals surface area contributed by atoms with Crippen molar-refractivity contribution >= 4 is 27.8 Å². The van der Waals surface area contributed by atoms with E-state index in [2.05, 4.69) is 21.2 Å². The Labute approximate surface area is 105 Å². The maximum atomic E-state index is 11.6. The van der Waals surface area contributed by atoms with Gasteiger partial charge in [-0.25, -0.2) is 4.79 Å². The Morgan fingerprint density at radius 3 is 2.44 bits per heavy atom. The van der Waals surface area contributed by atoms with Crippen molar-refractivity contribution in [2.75, 3.05) is 11.9 Å². The van der Waals surface area contributed by atoms with Crippen LogP contribution < -0.4 is 5.32 Å². The van der Waals surface area contributed by atoms with E-state index in [4.69, 9.17) is 4.74 Å². The zero-order valence-electron chi connectivity index (χ0n) is 10.1. The third kappa shape index (κ3) is 6.82. The first-order valence-corrected chi connectivity index (χ1v) is 6.65. The maximum Gasteiger partial charge on any atom is 0.328 e. The molecule has 0 aliphatic heterocycles. The summed E-state index contributed by atoms with van der Waals surface area (Å²) in [6, 6.07) is -0.522. The van der Waals surface area contributed by atoms with Gasteiger partial charge in [-0.2, -0.15) is 0 Å². The fourth-order valence-corrected chi connectivity index (χ4v) is 1.64. The number of hydrogen-bond acceptors (Lipinski definition) is 3. The highest BCUT2D eigenvalue weighted by molar-refractivity contribution is 9.09. The quantitative estimate of drug-likeness (QED) is 0.576. The average molecular weight is 294 g/mol. The first kappa shape index (κ1) is 15.4. The molecule has 0 aliphatic carbocycles. The van der Waals surface area contributed by atoms with Crippen molar-refractivity contribution in [3.8, 4) is 0 Å². The van der Waals surface area contributed by atoms with Crippen LogP contribution in [-0.2, 0) is 14.3 Å². The van der Waals surface area contributed by atoms with E-state index in [0.717, 1.165) is 0 Å². The minimum Gasteiger partial charge on any atom is -0.464 e. The van der Waals surface area contributed by atoms with Crippen LogP contribution in [0.5, 0.6) is 0 Å². The van der Waals surface area contributed by atoms with E-state index in [0.29, 0.717) is 30.7 Å². The molecule has 1 N–H and O–H groups in total. The number of ether oxygens (including phenoxy) is 1. The summed E-state index contributed by atoms with van der Waals surface area (Å²) in [6.07, 6.45) is 0.973. The first-order chi connectivity index (χ1) is 7.51. The largest absolute Gasteiger partial charge is 0.464 e. The van der Waals surface area contributed by atoms with Crippen molar-refractivity contribution in [3.05, 3.63) is 0 Å². The number of amides is 1. The lowest BCUT2D eigenvalue weighted by Gasteiger charge is -2.18. The number of halogens is 1. The van der Waals surface area contributed by atoms with E-state index in [1.807, 2.05) is 13.8 Å². The summed E-state index contributed by atoms with van der Waals surface area (Å²) in [6.45, 7) is 6.10. The number of hydrogen-bond donors (Lipinski definition) is 1. The van der Waals surface area contributed by atoms with E-state index < -0.39 is 6.04 Å². The Balaban J connectivity index is 4.30. The molecule has 5 heteroatoms. The van der Waals surface area contributed by atoms with Gasteiger partial charge in [0, 0.05) is 11.8 Å². The number of nitrogens with one attached hydrogen (secondary N) is 1. The first-order valence-electron chi connectivity index (χ1n) is 5.53. The normalized spacial score (nSPS) is 12.3. The van der Waals surface area contributed by atoms with Crippen LogP contribution in [-0.4, -0.2) is 29.9 Å². The van der Waals surface area contributed by atoms with Crippen molar-refractivity contribution in [3.63, 3.8) is 0 Å². The molecule has 4 nitrogen and oxygen atoms in total. The molecule has 0 radical (unpaired) electrons. The van der Waals surface area contributed by atoms with Crippen LogP contribution in [0.15, 0.2) is 0 Å². The minimum atomic E-state index is -0.522. The van der Waals surface area contributed by atoms with Gasteiger partial charge < -0.3 is 10.1 Å². The summed E-state index contributed by atoms with van der Waals surface area (Å²) >= 11 is 3.18. The number of carbonyl (C=O) groups is 2. The van der Waals surface area contributed by atoms with Crippen molar-refractivity contribution in [2.45, 2.75) is 39.7 Å². The summed E-state index contributed by atoms with van der Waals surface area (Å²) in [5, 5.41) is 3.28. The zero-order chi connectivity index (χ0) is 12.6. The van der Waals surface area contributed by atoms with E-state index >= 15 is 0 Å². The number of alkyl halides is 1. The number of rotatable bonds is 7. The van der Waals surface area contributed by atoms with Crippen LogP contribution in [0, 0.1) is 5.92 Å². The number of carbonyl (C=O) groups excluding carboxylic acids is 2. The molecule has 0 aliphatic rings. The Morgan fingerprint density at radius 1 is 1.38 bits per heavy atom. The Hall–Kier alpha value is -0.580. The van der Waals surface area contributed by atoms with Gasteiger partial charge in [-0.15, -0.1) is 0 Å². The van der Waals surface area contributed by atoms with Crippen molar-refractivity contribution in [1.29, 1.82) is 0 Å². The smallest absolute Gasteiger partial charge is 0.328 e. The molecule has 0 heterocycles. The van der Waals surface area contributed by atoms with Gasteiger partial charge in [-0.3, -0.25) is 4.79 Å². The summed E-state index contributed by atoms with van der Waals surface area (Å²) < 4.78 is 4.92. The summed E-state index contributed by atoms with van der Waals surface area (Å²) in [5.74, 6) is -0.145. The molecule has 94 valence electrons. The summed E-state index contributed by atoms with van der Waals surface area (Å²) in [4.78, 5) is 23.0. The fraction of sp³-hybridized carbons (Fsp3) is 0.818. The highest BCUT2D eigenvalue weighted by Gasteiger charge is 2.22. The molecule has 1 amide bonds. The van der Waals surface area contributed by atoms with Gasteiger partial charge in [0.25, 0.3) is 0 Å². The highest BCUT2D eigenvalue weighted by atomic mass is 79.9. The molecule has 0 bridgehead atoms. The minimum absolute atomic E-state index is 0.129. The molecule has 0 saturated heterocycles. The second-order valence-electron chi connectivity index (χ2n) is 3.94. The molecule has 1 atom stereocenters.